The molecule has 0 radical (unpaired) electrons. The molecule has 8 nitrogen and oxygen atoms in total. The number of halogens is 1. The molecule has 0 atom stereocenters. The van der Waals surface area contributed by atoms with Gasteiger partial charge in [0.15, 0.2) is 12.5 Å². The summed E-state index contributed by atoms with van der Waals surface area (Å²) in [4.78, 5) is 16.6. The lowest BCUT2D eigenvalue weighted by Crippen LogP contribution is -2.31. The van der Waals surface area contributed by atoms with E-state index in [1.165, 1.54) is 13.4 Å². The number of ether oxygens (including phenoxy) is 2. The van der Waals surface area contributed by atoms with Gasteiger partial charge in [0, 0.05) is 18.7 Å². The predicted octanol–water partition coefficient (Wildman–Crippen LogP) is 1.72. The largest absolute Gasteiger partial charge is 0.497 e. The van der Waals surface area contributed by atoms with Crippen LogP contribution in [0.15, 0.2) is 41.4 Å². The van der Waals surface area contributed by atoms with Crippen LogP contribution in [0, 0.1) is 0 Å². The average Bonchev–Trinajstić information content (AvgIpc) is 3.36. The van der Waals surface area contributed by atoms with E-state index < -0.39 is 0 Å². The third kappa shape index (κ3) is 4.07. The highest BCUT2D eigenvalue weighted by Crippen LogP contribution is 2.35. The van der Waals surface area contributed by atoms with Gasteiger partial charge in [-0.1, -0.05) is 0 Å². The number of hydrogen-bond acceptors (Lipinski definition) is 7. The van der Waals surface area contributed by atoms with Crippen LogP contribution in [-0.2, 0) is 16.1 Å². The van der Waals surface area contributed by atoms with Gasteiger partial charge < -0.3 is 20.1 Å². The maximum Gasteiger partial charge on any atom is 0.271 e. The van der Waals surface area contributed by atoms with E-state index in [-0.39, 0.29) is 30.5 Å². The lowest BCUT2D eigenvalue weighted by molar-refractivity contribution is -0.117. The van der Waals surface area contributed by atoms with E-state index in [1.54, 1.807) is 29.2 Å². The molecule has 0 saturated heterocycles. The lowest BCUT2D eigenvalue weighted by Gasteiger charge is -2.10. The molecule has 1 aromatic heterocycles. The molecule has 1 aliphatic heterocycles. The Labute approximate surface area is 154 Å². The Kier molecular flexibility index (Phi) is 5.95. The second kappa shape index (κ2) is 8.56. The maximum atomic E-state index is 13.3. The van der Waals surface area contributed by atoms with Crippen LogP contribution in [0.4, 0.5) is 3.89 Å². The van der Waals surface area contributed by atoms with Crippen LogP contribution in [0.5, 0.6) is 5.75 Å². The number of carbonyl (C=O) groups excluding carboxylic acids is 1. The molecular weight excluding hydrogens is 361 g/mol. The molecule has 3 rings (SSSR count). The summed E-state index contributed by atoms with van der Waals surface area (Å²) in [5.41, 5.74) is 0.780. The van der Waals surface area contributed by atoms with Crippen molar-refractivity contribution in [1.29, 1.82) is 0 Å². The van der Waals surface area contributed by atoms with Crippen molar-refractivity contribution in [2.45, 2.75) is 17.9 Å². The molecule has 0 fully saturated rings. The zero-order valence-electron chi connectivity index (χ0n) is 14.1. The summed E-state index contributed by atoms with van der Waals surface area (Å²) in [6, 6.07) is 4.92. The van der Waals surface area contributed by atoms with Gasteiger partial charge in [-0.05, 0) is 24.6 Å². The van der Waals surface area contributed by atoms with Gasteiger partial charge in [0.05, 0.1) is 24.2 Å². The molecule has 0 unspecified atom stereocenters. The Morgan fingerprint density at radius 1 is 1.54 bits per heavy atom. The minimum atomic E-state index is -0.304. The number of amides is 1. The van der Waals surface area contributed by atoms with Gasteiger partial charge in [0.25, 0.3) is 5.91 Å². The lowest BCUT2D eigenvalue weighted by atomic mass is 10.1. The summed E-state index contributed by atoms with van der Waals surface area (Å²) in [6.07, 6.45) is 3.78. The number of benzene rings is 1. The Morgan fingerprint density at radius 2 is 2.42 bits per heavy atom. The zero-order chi connectivity index (χ0) is 18.4. The van der Waals surface area contributed by atoms with Crippen molar-refractivity contribution in [3.8, 4) is 5.75 Å². The number of nitrogens with one attached hydrogen (secondary N) is 2. The van der Waals surface area contributed by atoms with Crippen LogP contribution in [-0.4, -0.2) is 41.1 Å². The van der Waals surface area contributed by atoms with E-state index >= 15 is 0 Å². The minimum Gasteiger partial charge on any atom is -0.497 e. The highest BCUT2D eigenvalue weighted by molar-refractivity contribution is 7.94. The molecule has 1 amide bonds. The van der Waals surface area contributed by atoms with Crippen LogP contribution in [0.2, 0.25) is 0 Å². The molecule has 0 spiro atoms. The normalized spacial score (nSPS) is 13.3. The number of carbonyl (C=O) groups is 1. The highest BCUT2D eigenvalue weighted by atomic mass is 32.2. The second-order valence-corrected chi connectivity index (χ2v) is 5.97. The molecule has 2 heterocycles. The Hall–Kier alpha value is -2.75. The first-order valence-electron chi connectivity index (χ1n) is 7.91. The standard InChI is InChI=1S/C16H18FN5O3S/c1-24-11-3-4-12(13(7-11)26-17)15-14(20-10-25-15)16(23)19-5-2-6-22-9-18-8-21-22/h3-4,7-9,20H,2,5-6,10H2,1H3,(H,19,23). The summed E-state index contributed by atoms with van der Waals surface area (Å²) in [5.74, 6) is 0.544. The van der Waals surface area contributed by atoms with Crippen molar-refractivity contribution in [3.63, 3.8) is 0 Å². The monoisotopic (exact) mass is 379 g/mol. The molecule has 10 heteroatoms. The molecule has 1 aromatic carbocycles. The van der Waals surface area contributed by atoms with E-state index in [2.05, 4.69) is 20.7 Å². The Morgan fingerprint density at radius 3 is 3.15 bits per heavy atom. The van der Waals surface area contributed by atoms with Crippen molar-refractivity contribution < 1.29 is 18.2 Å². The molecule has 2 N–H and O–H groups in total. The molecule has 26 heavy (non-hydrogen) atoms. The Balaban J connectivity index is 1.68. The number of rotatable bonds is 8. The molecular formula is C16H18FN5O3S. The van der Waals surface area contributed by atoms with Crippen LogP contribution < -0.4 is 15.4 Å². The first-order valence-corrected chi connectivity index (χ1v) is 8.63. The first kappa shape index (κ1) is 18.1. The van der Waals surface area contributed by atoms with Crippen molar-refractivity contribution in [3.05, 3.63) is 42.1 Å². The topological polar surface area (TPSA) is 90.3 Å². The summed E-state index contributed by atoms with van der Waals surface area (Å²) >= 11 is 0.0762. The smallest absolute Gasteiger partial charge is 0.271 e. The van der Waals surface area contributed by atoms with Crippen LogP contribution in [0.1, 0.15) is 12.0 Å². The fraction of sp³-hybridized carbons (Fsp3) is 0.312. The SMILES string of the molecule is COc1ccc(C2=C(C(=O)NCCCn3cncn3)NCO2)c(SF)c1. The summed E-state index contributed by atoms with van der Waals surface area (Å²) < 4.78 is 25.6. The van der Waals surface area contributed by atoms with Crippen LogP contribution >= 0.6 is 12.1 Å². The van der Waals surface area contributed by atoms with Gasteiger partial charge in [-0.25, -0.2) is 4.98 Å². The van der Waals surface area contributed by atoms with Gasteiger partial charge in [0.2, 0.25) is 0 Å². The van der Waals surface area contributed by atoms with E-state index in [4.69, 9.17) is 9.47 Å². The molecule has 0 saturated carbocycles. The molecule has 1 aliphatic rings. The number of methoxy groups -OCH3 is 1. The second-order valence-electron chi connectivity index (χ2n) is 5.38. The van der Waals surface area contributed by atoms with Crippen molar-refractivity contribution in [2.24, 2.45) is 0 Å². The van der Waals surface area contributed by atoms with Gasteiger partial charge in [-0.2, -0.15) is 8.98 Å². The number of aryl methyl sites for hydroxylation is 1. The van der Waals surface area contributed by atoms with Gasteiger partial charge in [0.1, 0.15) is 24.1 Å². The van der Waals surface area contributed by atoms with E-state index in [1.807, 2.05) is 0 Å². The Bertz CT molecular complexity index is 797. The zero-order valence-corrected chi connectivity index (χ0v) is 14.9. The van der Waals surface area contributed by atoms with E-state index in [0.717, 1.165) is 0 Å². The number of hydrogen-bond donors (Lipinski definition) is 2. The van der Waals surface area contributed by atoms with Crippen molar-refractivity contribution >= 4 is 23.8 Å². The third-order valence-electron chi connectivity index (χ3n) is 3.75. The highest BCUT2D eigenvalue weighted by Gasteiger charge is 2.25. The van der Waals surface area contributed by atoms with Gasteiger partial charge in [-0.15, -0.1) is 0 Å². The van der Waals surface area contributed by atoms with Gasteiger partial charge >= 0.3 is 0 Å². The van der Waals surface area contributed by atoms with Crippen LogP contribution in [0.3, 0.4) is 0 Å². The van der Waals surface area contributed by atoms with Crippen LogP contribution in [0.25, 0.3) is 5.76 Å². The van der Waals surface area contributed by atoms with E-state index in [9.17, 15) is 8.68 Å². The first-order chi connectivity index (χ1) is 12.7. The van der Waals surface area contributed by atoms with E-state index in [0.29, 0.717) is 41.5 Å². The quantitative estimate of drug-likeness (QED) is 0.675. The molecule has 0 bridgehead atoms. The molecule has 2 aromatic rings. The number of nitrogens with zero attached hydrogens (tertiary/aromatic N) is 3. The predicted molar refractivity (Wildman–Crippen MR) is 93.6 cm³/mol. The average molecular weight is 379 g/mol. The minimum absolute atomic E-state index is 0.0762. The van der Waals surface area contributed by atoms with Crippen molar-refractivity contribution in [2.75, 3.05) is 20.4 Å². The summed E-state index contributed by atoms with van der Waals surface area (Å²) in [5, 5.41) is 9.71. The number of aromatic nitrogens is 3. The summed E-state index contributed by atoms with van der Waals surface area (Å²) in [6.45, 7) is 1.27. The van der Waals surface area contributed by atoms with Gasteiger partial charge in [-0.3, -0.25) is 9.48 Å². The maximum absolute atomic E-state index is 13.3. The molecule has 138 valence electrons. The third-order valence-corrected chi connectivity index (χ3v) is 4.26. The summed E-state index contributed by atoms with van der Waals surface area (Å²) in [7, 11) is 1.51. The van der Waals surface area contributed by atoms with Crippen molar-refractivity contribution in [1.82, 2.24) is 25.4 Å². The fourth-order valence-electron chi connectivity index (χ4n) is 2.49. The fourth-order valence-corrected chi connectivity index (χ4v) is 2.89. The molecule has 0 aliphatic carbocycles.